The Balaban J connectivity index is 2.36. The van der Waals surface area contributed by atoms with Gasteiger partial charge in [-0.15, -0.1) is 0 Å². The number of hydrogen-bond donors (Lipinski definition) is 2. The predicted molar refractivity (Wildman–Crippen MR) is 74.9 cm³/mol. The summed E-state index contributed by atoms with van der Waals surface area (Å²) in [5.41, 5.74) is 1.94. The number of anilines is 1. The third-order valence-electron chi connectivity index (χ3n) is 3.02. The molecular formula is C14H17N3O3. The van der Waals surface area contributed by atoms with Crippen LogP contribution in [0.15, 0.2) is 30.5 Å². The van der Waals surface area contributed by atoms with Crippen molar-refractivity contribution < 1.29 is 14.6 Å². The molecule has 6 heteroatoms. The summed E-state index contributed by atoms with van der Waals surface area (Å²) in [6, 6.07) is 6.33. The lowest BCUT2D eigenvalue weighted by atomic mass is 10.1. The van der Waals surface area contributed by atoms with Gasteiger partial charge in [0.2, 0.25) is 0 Å². The molecule has 1 atom stereocenters. The molecule has 1 aromatic carbocycles. The van der Waals surface area contributed by atoms with Crippen LogP contribution in [0.5, 0.6) is 5.75 Å². The fourth-order valence-corrected chi connectivity index (χ4v) is 2.09. The summed E-state index contributed by atoms with van der Waals surface area (Å²) < 4.78 is 6.82. The highest BCUT2D eigenvalue weighted by atomic mass is 16.5. The molecule has 0 spiro atoms. The number of carbonyl (C=O) groups is 1. The molecule has 106 valence electrons. The highest BCUT2D eigenvalue weighted by Crippen LogP contribution is 2.28. The summed E-state index contributed by atoms with van der Waals surface area (Å²) in [6.07, 6.45) is 1.70. The lowest BCUT2D eigenvalue weighted by Crippen LogP contribution is -2.21. The maximum absolute atomic E-state index is 11.5. The van der Waals surface area contributed by atoms with E-state index in [1.807, 2.05) is 12.1 Å². The number of carboxylic acid groups (broad SMARTS) is 1. The van der Waals surface area contributed by atoms with Gasteiger partial charge in [-0.05, 0) is 19.1 Å². The van der Waals surface area contributed by atoms with Gasteiger partial charge < -0.3 is 15.2 Å². The van der Waals surface area contributed by atoms with E-state index in [9.17, 15) is 9.90 Å². The van der Waals surface area contributed by atoms with Gasteiger partial charge in [-0.1, -0.05) is 12.1 Å². The molecule has 6 nitrogen and oxygen atoms in total. The van der Waals surface area contributed by atoms with Crippen molar-refractivity contribution in [2.75, 3.05) is 12.4 Å². The van der Waals surface area contributed by atoms with Gasteiger partial charge in [0.15, 0.2) is 6.04 Å². The second kappa shape index (κ2) is 5.64. The maximum Gasteiger partial charge on any atom is 0.330 e. The van der Waals surface area contributed by atoms with E-state index in [0.717, 1.165) is 0 Å². The van der Waals surface area contributed by atoms with Crippen LogP contribution in [0.1, 0.15) is 17.3 Å². The Bertz CT molecular complexity index is 622. The largest absolute Gasteiger partial charge is 0.495 e. The van der Waals surface area contributed by atoms with Gasteiger partial charge in [0.1, 0.15) is 5.75 Å². The number of benzene rings is 1. The molecule has 0 saturated carbocycles. The van der Waals surface area contributed by atoms with Crippen molar-refractivity contribution in [1.29, 1.82) is 0 Å². The number of hydrogen-bond acceptors (Lipinski definition) is 4. The zero-order chi connectivity index (χ0) is 14.7. The first-order valence-corrected chi connectivity index (χ1v) is 6.15. The van der Waals surface area contributed by atoms with Crippen molar-refractivity contribution >= 4 is 11.7 Å². The van der Waals surface area contributed by atoms with Crippen molar-refractivity contribution in [3.05, 3.63) is 41.7 Å². The SMILES string of the molecule is COc1ccccc1NC(C(=O)O)c1cn(C)nc1C. The minimum atomic E-state index is -0.966. The van der Waals surface area contributed by atoms with E-state index in [1.54, 1.807) is 44.1 Å². The van der Waals surface area contributed by atoms with Gasteiger partial charge in [-0.25, -0.2) is 4.79 Å². The Morgan fingerprint density at radius 3 is 2.70 bits per heavy atom. The van der Waals surface area contributed by atoms with E-state index in [1.165, 1.54) is 0 Å². The van der Waals surface area contributed by atoms with E-state index in [-0.39, 0.29) is 0 Å². The van der Waals surface area contributed by atoms with Crippen molar-refractivity contribution in [1.82, 2.24) is 9.78 Å². The van der Waals surface area contributed by atoms with Gasteiger partial charge in [-0.3, -0.25) is 4.68 Å². The van der Waals surface area contributed by atoms with Crippen molar-refractivity contribution in [2.45, 2.75) is 13.0 Å². The number of aliphatic carboxylic acids is 1. The number of rotatable bonds is 5. The van der Waals surface area contributed by atoms with E-state index >= 15 is 0 Å². The number of carboxylic acids is 1. The lowest BCUT2D eigenvalue weighted by Gasteiger charge is -2.17. The molecule has 0 saturated heterocycles. The average molecular weight is 275 g/mol. The second-order valence-corrected chi connectivity index (χ2v) is 4.46. The third-order valence-corrected chi connectivity index (χ3v) is 3.02. The van der Waals surface area contributed by atoms with Crippen molar-refractivity contribution in [3.63, 3.8) is 0 Å². The van der Waals surface area contributed by atoms with E-state index in [2.05, 4.69) is 10.4 Å². The summed E-state index contributed by atoms with van der Waals surface area (Å²) in [5.74, 6) is -0.368. The number of ether oxygens (including phenoxy) is 1. The van der Waals surface area contributed by atoms with E-state index in [4.69, 9.17) is 4.74 Å². The Labute approximate surface area is 117 Å². The Hall–Kier alpha value is -2.50. The zero-order valence-corrected chi connectivity index (χ0v) is 11.6. The third kappa shape index (κ3) is 2.74. The fourth-order valence-electron chi connectivity index (χ4n) is 2.09. The average Bonchev–Trinajstić information content (AvgIpc) is 2.74. The monoisotopic (exact) mass is 275 g/mol. The quantitative estimate of drug-likeness (QED) is 0.872. The van der Waals surface area contributed by atoms with Crippen LogP contribution >= 0.6 is 0 Å². The number of methoxy groups -OCH3 is 1. The predicted octanol–water partition coefficient (Wildman–Crippen LogP) is 1.97. The molecule has 0 fully saturated rings. The first kappa shape index (κ1) is 13.9. The summed E-state index contributed by atoms with van der Waals surface area (Å²) >= 11 is 0. The van der Waals surface area contributed by atoms with E-state index < -0.39 is 12.0 Å². The summed E-state index contributed by atoms with van der Waals surface area (Å²) in [5, 5.41) is 16.6. The molecular weight excluding hydrogens is 258 g/mol. The molecule has 0 bridgehead atoms. The van der Waals surface area contributed by atoms with Crippen molar-refractivity contribution in [3.8, 4) is 5.75 Å². The van der Waals surface area contributed by atoms with Crippen LogP contribution in [0.25, 0.3) is 0 Å². The smallest absolute Gasteiger partial charge is 0.330 e. The number of aromatic nitrogens is 2. The van der Waals surface area contributed by atoms with Crippen LogP contribution in [-0.4, -0.2) is 28.0 Å². The molecule has 2 aromatic rings. The Morgan fingerprint density at radius 1 is 1.45 bits per heavy atom. The van der Waals surface area contributed by atoms with Crippen LogP contribution in [0.3, 0.4) is 0 Å². The first-order chi connectivity index (χ1) is 9.52. The summed E-state index contributed by atoms with van der Waals surface area (Å²) in [7, 11) is 3.31. The molecule has 20 heavy (non-hydrogen) atoms. The molecule has 2 rings (SSSR count). The highest BCUT2D eigenvalue weighted by molar-refractivity contribution is 5.80. The first-order valence-electron chi connectivity index (χ1n) is 6.15. The van der Waals surface area contributed by atoms with Gasteiger partial charge in [0.05, 0.1) is 18.5 Å². The van der Waals surface area contributed by atoms with Gasteiger partial charge >= 0.3 is 5.97 Å². The molecule has 0 amide bonds. The maximum atomic E-state index is 11.5. The lowest BCUT2D eigenvalue weighted by molar-refractivity contribution is -0.138. The number of nitrogens with zero attached hydrogens (tertiary/aromatic N) is 2. The minimum Gasteiger partial charge on any atom is -0.495 e. The Kier molecular flexibility index (Phi) is 3.93. The molecule has 0 aliphatic rings. The highest BCUT2D eigenvalue weighted by Gasteiger charge is 2.24. The fraction of sp³-hybridized carbons (Fsp3) is 0.286. The molecule has 2 N–H and O–H groups in total. The van der Waals surface area contributed by atoms with Crippen LogP contribution in [-0.2, 0) is 11.8 Å². The van der Waals surface area contributed by atoms with Crippen LogP contribution in [0, 0.1) is 6.92 Å². The van der Waals surface area contributed by atoms with Crippen LogP contribution < -0.4 is 10.1 Å². The molecule has 1 heterocycles. The number of aryl methyl sites for hydroxylation is 2. The molecule has 1 aromatic heterocycles. The normalized spacial score (nSPS) is 11.9. The molecule has 0 aliphatic heterocycles. The van der Waals surface area contributed by atoms with Gasteiger partial charge in [0, 0.05) is 18.8 Å². The van der Waals surface area contributed by atoms with Crippen molar-refractivity contribution in [2.24, 2.45) is 7.05 Å². The van der Waals surface area contributed by atoms with Crippen LogP contribution in [0.4, 0.5) is 5.69 Å². The standard InChI is InChI=1S/C14H17N3O3/c1-9-10(8-17(2)16-9)13(14(18)19)15-11-6-4-5-7-12(11)20-3/h4-8,13,15H,1-3H3,(H,18,19). The molecule has 0 aliphatic carbocycles. The minimum absolute atomic E-state index is 0.597. The zero-order valence-electron chi connectivity index (χ0n) is 11.6. The van der Waals surface area contributed by atoms with Gasteiger partial charge in [0.25, 0.3) is 0 Å². The van der Waals surface area contributed by atoms with Crippen LogP contribution in [0.2, 0.25) is 0 Å². The van der Waals surface area contributed by atoms with Gasteiger partial charge in [-0.2, -0.15) is 5.10 Å². The van der Waals surface area contributed by atoms with E-state index in [0.29, 0.717) is 22.7 Å². The Morgan fingerprint density at radius 2 is 2.15 bits per heavy atom. The number of para-hydroxylation sites is 2. The summed E-state index contributed by atoms with van der Waals surface area (Å²) in [4.78, 5) is 11.5. The molecule has 1 unspecified atom stereocenters. The summed E-state index contributed by atoms with van der Waals surface area (Å²) in [6.45, 7) is 1.79. The molecule has 0 radical (unpaired) electrons. The number of nitrogens with one attached hydrogen (secondary N) is 1. The second-order valence-electron chi connectivity index (χ2n) is 4.46. The topological polar surface area (TPSA) is 76.4 Å².